The summed E-state index contributed by atoms with van der Waals surface area (Å²) in [7, 11) is 0. The van der Waals surface area contributed by atoms with E-state index in [1.165, 1.54) is 12.1 Å². The molecule has 146 valence electrons. The van der Waals surface area contributed by atoms with E-state index in [-0.39, 0.29) is 11.4 Å². The molecule has 0 aliphatic heterocycles. The molecule has 1 N–H and O–H groups in total. The third kappa shape index (κ3) is 4.23. The van der Waals surface area contributed by atoms with Gasteiger partial charge in [0.05, 0.1) is 0 Å². The number of nitriles is 1. The second-order valence-electron chi connectivity index (χ2n) is 6.67. The van der Waals surface area contributed by atoms with Crippen molar-refractivity contribution in [2.45, 2.75) is 20.8 Å². The van der Waals surface area contributed by atoms with Gasteiger partial charge in [-0.05, 0) is 80.4 Å². The minimum Gasteiger partial charge on any atom is -0.321 e. The Labute approximate surface area is 173 Å². The summed E-state index contributed by atoms with van der Waals surface area (Å²) < 4.78 is 15.2. The van der Waals surface area contributed by atoms with E-state index < -0.39 is 5.91 Å². The number of hydrogen-bond donors (Lipinski definition) is 1. The van der Waals surface area contributed by atoms with Crippen molar-refractivity contribution in [3.05, 3.63) is 87.5 Å². The highest BCUT2D eigenvalue weighted by atomic mass is 35.5. The van der Waals surface area contributed by atoms with E-state index in [0.717, 1.165) is 28.2 Å². The summed E-state index contributed by atoms with van der Waals surface area (Å²) in [5.74, 6) is -0.819. The molecule has 2 aromatic carbocycles. The van der Waals surface area contributed by atoms with Gasteiger partial charge in [-0.25, -0.2) is 4.39 Å². The van der Waals surface area contributed by atoms with Crippen LogP contribution in [-0.2, 0) is 4.79 Å². The molecule has 0 saturated carbocycles. The van der Waals surface area contributed by atoms with E-state index in [1.54, 1.807) is 43.3 Å². The number of aromatic nitrogens is 1. The second-order valence-corrected chi connectivity index (χ2v) is 7.08. The average Bonchev–Trinajstić information content (AvgIpc) is 2.97. The van der Waals surface area contributed by atoms with Crippen molar-refractivity contribution in [2.24, 2.45) is 0 Å². The molecule has 0 atom stereocenters. The molecule has 3 rings (SSSR count). The number of carbonyl (C=O) groups is 1. The third-order valence-corrected chi connectivity index (χ3v) is 5.15. The van der Waals surface area contributed by atoms with Crippen LogP contribution >= 0.6 is 11.6 Å². The maximum absolute atomic E-state index is 13.2. The Bertz CT molecular complexity index is 1150. The van der Waals surface area contributed by atoms with Gasteiger partial charge in [0.25, 0.3) is 5.91 Å². The number of rotatable bonds is 4. The number of amides is 1. The Morgan fingerprint density at radius 3 is 2.52 bits per heavy atom. The number of carbonyl (C=O) groups excluding carboxylic acids is 1. The van der Waals surface area contributed by atoms with Gasteiger partial charge in [0, 0.05) is 27.8 Å². The van der Waals surface area contributed by atoms with Crippen LogP contribution in [0.4, 0.5) is 10.1 Å². The summed E-state index contributed by atoms with van der Waals surface area (Å²) in [6.07, 6.45) is 1.55. The molecular formula is C23H19ClFN3O. The van der Waals surface area contributed by atoms with Crippen LogP contribution in [0.15, 0.2) is 54.1 Å². The van der Waals surface area contributed by atoms with Crippen LogP contribution in [-0.4, -0.2) is 10.5 Å². The van der Waals surface area contributed by atoms with E-state index in [0.29, 0.717) is 10.7 Å². The normalized spacial score (nSPS) is 11.2. The van der Waals surface area contributed by atoms with Crippen LogP contribution in [0.2, 0.25) is 5.02 Å². The third-order valence-electron chi connectivity index (χ3n) is 4.74. The molecule has 29 heavy (non-hydrogen) atoms. The molecule has 0 fully saturated rings. The first-order valence-corrected chi connectivity index (χ1v) is 9.32. The zero-order valence-electron chi connectivity index (χ0n) is 16.3. The monoisotopic (exact) mass is 407 g/mol. The number of anilines is 1. The van der Waals surface area contributed by atoms with Gasteiger partial charge >= 0.3 is 0 Å². The number of aryl methyl sites for hydroxylation is 1. The molecule has 1 heterocycles. The summed E-state index contributed by atoms with van der Waals surface area (Å²) in [6, 6.07) is 15.2. The highest BCUT2D eigenvalue weighted by Crippen LogP contribution is 2.25. The van der Waals surface area contributed by atoms with E-state index in [4.69, 9.17) is 11.6 Å². The van der Waals surface area contributed by atoms with Gasteiger partial charge in [-0.15, -0.1) is 0 Å². The Balaban J connectivity index is 1.94. The first kappa shape index (κ1) is 20.4. The minimum atomic E-state index is -0.510. The van der Waals surface area contributed by atoms with E-state index in [9.17, 15) is 14.4 Å². The smallest absolute Gasteiger partial charge is 0.266 e. The van der Waals surface area contributed by atoms with Crippen LogP contribution in [0.3, 0.4) is 0 Å². The van der Waals surface area contributed by atoms with Crippen molar-refractivity contribution in [2.75, 3.05) is 5.32 Å². The number of nitrogens with zero attached hydrogens (tertiary/aromatic N) is 2. The molecule has 0 spiro atoms. The van der Waals surface area contributed by atoms with E-state index >= 15 is 0 Å². The van der Waals surface area contributed by atoms with Gasteiger partial charge in [0.1, 0.15) is 17.5 Å². The Morgan fingerprint density at radius 2 is 1.86 bits per heavy atom. The largest absolute Gasteiger partial charge is 0.321 e. The SMILES string of the molecule is Cc1c(Cl)cccc1NC(=O)/C(C#N)=C\c1cc(C)n(-c2ccc(F)cc2)c1C. The standard InChI is InChI=1S/C23H19ClFN3O/c1-14-11-17(16(3)28(14)20-9-7-19(25)8-10-20)12-18(13-26)23(29)27-22-6-4-5-21(24)15(22)2/h4-12H,1-3H3,(H,27,29)/b18-12-. The van der Waals surface area contributed by atoms with Crippen LogP contribution < -0.4 is 5.32 Å². The summed E-state index contributed by atoms with van der Waals surface area (Å²) in [6.45, 7) is 5.59. The maximum atomic E-state index is 13.2. The first-order chi connectivity index (χ1) is 13.8. The van der Waals surface area contributed by atoms with Crippen LogP contribution in [0.1, 0.15) is 22.5 Å². The van der Waals surface area contributed by atoms with Crippen molar-refractivity contribution < 1.29 is 9.18 Å². The molecule has 1 amide bonds. The first-order valence-electron chi connectivity index (χ1n) is 8.95. The molecule has 4 nitrogen and oxygen atoms in total. The molecule has 1 aromatic heterocycles. The molecule has 0 bridgehead atoms. The maximum Gasteiger partial charge on any atom is 0.266 e. The number of benzene rings is 2. The van der Waals surface area contributed by atoms with Gasteiger partial charge in [-0.2, -0.15) is 5.26 Å². The molecule has 0 aliphatic carbocycles. The number of nitrogens with one attached hydrogen (secondary N) is 1. The van der Waals surface area contributed by atoms with Crippen molar-refractivity contribution in [1.82, 2.24) is 4.57 Å². The Kier molecular flexibility index (Phi) is 5.86. The van der Waals surface area contributed by atoms with Crippen LogP contribution in [0.5, 0.6) is 0 Å². The van der Waals surface area contributed by atoms with E-state index in [1.807, 2.05) is 30.6 Å². The lowest BCUT2D eigenvalue weighted by atomic mass is 10.1. The summed E-state index contributed by atoms with van der Waals surface area (Å²) in [4.78, 5) is 12.6. The van der Waals surface area contributed by atoms with E-state index in [2.05, 4.69) is 5.32 Å². The predicted octanol–water partition coefficient (Wildman–Crippen LogP) is 5.74. The zero-order chi connectivity index (χ0) is 21.1. The Morgan fingerprint density at radius 1 is 1.17 bits per heavy atom. The van der Waals surface area contributed by atoms with Crippen molar-refractivity contribution in [3.8, 4) is 11.8 Å². The number of hydrogen-bond acceptors (Lipinski definition) is 2. The molecule has 0 unspecified atom stereocenters. The van der Waals surface area contributed by atoms with Crippen molar-refractivity contribution >= 4 is 29.3 Å². The topological polar surface area (TPSA) is 57.8 Å². The molecule has 6 heteroatoms. The van der Waals surface area contributed by atoms with Crippen LogP contribution in [0.25, 0.3) is 11.8 Å². The van der Waals surface area contributed by atoms with Gasteiger partial charge < -0.3 is 9.88 Å². The lowest BCUT2D eigenvalue weighted by molar-refractivity contribution is -0.112. The van der Waals surface area contributed by atoms with Gasteiger partial charge in [-0.1, -0.05) is 17.7 Å². The van der Waals surface area contributed by atoms with Gasteiger partial charge in [0.2, 0.25) is 0 Å². The summed E-state index contributed by atoms with van der Waals surface area (Å²) in [5.41, 5.74) is 4.55. The summed E-state index contributed by atoms with van der Waals surface area (Å²) >= 11 is 6.09. The number of halogens is 2. The highest BCUT2D eigenvalue weighted by molar-refractivity contribution is 6.31. The fourth-order valence-corrected chi connectivity index (χ4v) is 3.33. The van der Waals surface area contributed by atoms with Crippen molar-refractivity contribution in [3.63, 3.8) is 0 Å². The fourth-order valence-electron chi connectivity index (χ4n) is 3.16. The Hall–Kier alpha value is -3.36. The lowest BCUT2D eigenvalue weighted by Crippen LogP contribution is -2.14. The van der Waals surface area contributed by atoms with Crippen molar-refractivity contribution in [1.29, 1.82) is 5.26 Å². The zero-order valence-corrected chi connectivity index (χ0v) is 17.0. The minimum absolute atomic E-state index is 0.0243. The second kappa shape index (κ2) is 8.34. The van der Waals surface area contributed by atoms with Crippen LogP contribution in [0, 0.1) is 37.9 Å². The molecule has 0 saturated heterocycles. The lowest BCUT2D eigenvalue weighted by Gasteiger charge is -2.10. The molecular weight excluding hydrogens is 389 g/mol. The quantitative estimate of drug-likeness (QED) is 0.442. The predicted molar refractivity (Wildman–Crippen MR) is 114 cm³/mol. The highest BCUT2D eigenvalue weighted by Gasteiger charge is 2.15. The molecule has 3 aromatic rings. The van der Waals surface area contributed by atoms with Gasteiger partial charge in [-0.3, -0.25) is 4.79 Å². The molecule has 0 radical (unpaired) electrons. The summed E-state index contributed by atoms with van der Waals surface area (Å²) in [5, 5.41) is 12.8. The fraction of sp³-hybridized carbons (Fsp3) is 0.130. The molecule has 0 aliphatic rings. The average molecular weight is 408 g/mol. The van der Waals surface area contributed by atoms with Gasteiger partial charge in [0.15, 0.2) is 0 Å².